The summed E-state index contributed by atoms with van der Waals surface area (Å²) in [5.74, 6) is 0.160. The van der Waals surface area contributed by atoms with Crippen molar-refractivity contribution < 1.29 is 9.32 Å². The van der Waals surface area contributed by atoms with E-state index in [1.807, 2.05) is 43.3 Å². The van der Waals surface area contributed by atoms with Crippen LogP contribution in [0.3, 0.4) is 0 Å². The van der Waals surface area contributed by atoms with Crippen molar-refractivity contribution >= 4 is 17.5 Å². The summed E-state index contributed by atoms with van der Waals surface area (Å²) in [6.45, 7) is 4.20. The monoisotopic (exact) mass is 340 g/mol. The van der Waals surface area contributed by atoms with Crippen molar-refractivity contribution in [3.05, 3.63) is 75.9 Å². The molecule has 1 aromatic heterocycles. The lowest BCUT2D eigenvalue weighted by Crippen LogP contribution is -2.24. The predicted molar refractivity (Wildman–Crippen MR) is 94.0 cm³/mol. The van der Waals surface area contributed by atoms with Crippen molar-refractivity contribution in [1.29, 1.82) is 0 Å². The summed E-state index contributed by atoms with van der Waals surface area (Å²) in [7, 11) is 0. The van der Waals surface area contributed by atoms with E-state index in [1.54, 1.807) is 19.1 Å². The van der Waals surface area contributed by atoms with Gasteiger partial charge in [0.25, 0.3) is 5.91 Å². The molecule has 0 unspecified atom stereocenters. The van der Waals surface area contributed by atoms with Gasteiger partial charge in [0.1, 0.15) is 5.56 Å². The number of carbonyl (C=O) groups is 1. The van der Waals surface area contributed by atoms with E-state index >= 15 is 0 Å². The molecule has 3 aromatic rings. The van der Waals surface area contributed by atoms with Gasteiger partial charge in [-0.3, -0.25) is 4.79 Å². The number of aromatic nitrogens is 1. The molecule has 0 fully saturated rings. The number of carbonyl (C=O) groups excluding carboxylic acids is 1. The maximum Gasteiger partial charge on any atom is 0.257 e. The molecule has 0 bridgehead atoms. The molecule has 0 atom stereocenters. The van der Waals surface area contributed by atoms with Crippen molar-refractivity contribution in [3.63, 3.8) is 0 Å². The number of halogens is 1. The van der Waals surface area contributed by atoms with Gasteiger partial charge in [-0.1, -0.05) is 53.2 Å². The largest absolute Gasteiger partial charge is 0.355 e. The van der Waals surface area contributed by atoms with E-state index in [0.717, 1.165) is 11.1 Å². The third-order valence-corrected chi connectivity index (χ3v) is 4.24. The Morgan fingerprint density at radius 3 is 2.58 bits per heavy atom. The first kappa shape index (κ1) is 16.3. The molecule has 0 aliphatic heterocycles. The molecule has 0 radical (unpaired) electrons. The normalized spacial score (nSPS) is 10.6. The smallest absolute Gasteiger partial charge is 0.257 e. The highest BCUT2D eigenvalue weighted by molar-refractivity contribution is 6.33. The molecule has 0 aliphatic rings. The van der Waals surface area contributed by atoms with Crippen LogP contribution in [0.5, 0.6) is 0 Å². The van der Waals surface area contributed by atoms with Gasteiger partial charge in [0.2, 0.25) is 0 Å². The Bertz CT molecular complexity index is 887. The summed E-state index contributed by atoms with van der Waals surface area (Å²) in [5, 5.41) is 7.38. The van der Waals surface area contributed by atoms with Gasteiger partial charge in [0.15, 0.2) is 5.76 Å². The van der Waals surface area contributed by atoms with Gasteiger partial charge in [-0.15, -0.1) is 0 Å². The number of benzene rings is 2. The number of rotatable bonds is 4. The topological polar surface area (TPSA) is 55.1 Å². The number of amides is 1. The van der Waals surface area contributed by atoms with Crippen LogP contribution in [-0.2, 0) is 6.54 Å². The highest BCUT2D eigenvalue weighted by Gasteiger charge is 2.23. The van der Waals surface area contributed by atoms with Crippen molar-refractivity contribution in [2.24, 2.45) is 0 Å². The first-order valence-electron chi connectivity index (χ1n) is 7.62. The van der Waals surface area contributed by atoms with E-state index in [2.05, 4.69) is 10.5 Å². The molecule has 1 N–H and O–H groups in total. The van der Waals surface area contributed by atoms with Crippen LogP contribution in [-0.4, -0.2) is 11.1 Å². The SMILES string of the molecule is Cc1ccccc1CNC(=O)c1c(C)noc1-c1ccccc1Cl. The van der Waals surface area contributed by atoms with Crippen LogP contribution in [0.25, 0.3) is 11.3 Å². The maximum atomic E-state index is 12.7. The summed E-state index contributed by atoms with van der Waals surface area (Å²) >= 11 is 6.22. The zero-order chi connectivity index (χ0) is 17.1. The Hall–Kier alpha value is -2.59. The lowest BCUT2D eigenvalue weighted by atomic mass is 10.1. The van der Waals surface area contributed by atoms with Gasteiger partial charge in [-0.05, 0) is 37.1 Å². The first-order valence-corrected chi connectivity index (χ1v) is 7.99. The molecule has 122 valence electrons. The molecule has 1 heterocycles. The summed E-state index contributed by atoms with van der Waals surface area (Å²) in [5.41, 5.74) is 3.80. The molecule has 0 saturated heterocycles. The minimum atomic E-state index is -0.230. The van der Waals surface area contributed by atoms with Crippen LogP contribution < -0.4 is 5.32 Å². The Balaban J connectivity index is 1.87. The molecule has 5 heteroatoms. The zero-order valence-corrected chi connectivity index (χ0v) is 14.2. The van der Waals surface area contributed by atoms with Gasteiger partial charge in [-0.25, -0.2) is 0 Å². The number of hydrogen-bond donors (Lipinski definition) is 1. The quantitative estimate of drug-likeness (QED) is 0.758. The molecular formula is C19H17ClN2O2. The van der Waals surface area contributed by atoms with Crippen molar-refractivity contribution in [3.8, 4) is 11.3 Å². The minimum Gasteiger partial charge on any atom is -0.355 e. The zero-order valence-electron chi connectivity index (χ0n) is 13.5. The molecule has 24 heavy (non-hydrogen) atoms. The number of nitrogens with one attached hydrogen (secondary N) is 1. The molecule has 3 rings (SSSR count). The molecule has 2 aromatic carbocycles. The molecule has 4 nitrogen and oxygen atoms in total. The maximum absolute atomic E-state index is 12.7. The third kappa shape index (κ3) is 3.19. The Morgan fingerprint density at radius 1 is 1.12 bits per heavy atom. The molecule has 0 spiro atoms. The van der Waals surface area contributed by atoms with Gasteiger partial charge in [0.05, 0.1) is 10.7 Å². The van der Waals surface area contributed by atoms with Gasteiger partial charge < -0.3 is 9.84 Å². The lowest BCUT2D eigenvalue weighted by molar-refractivity contribution is 0.0950. The second-order valence-corrected chi connectivity index (χ2v) is 5.97. The van der Waals surface area contributed by atoms with Crippen molar-refractivity contribution in [2.75, 3.05) is 0 Å². The van der Waals surface area contributed by atoms with E-state index in [0.29, 0.717) is 34.1 Å². The molecular weight excluding hydrogens is 324 g/mol. The van der Waals surface area contributed by atoms with Gasteiger partial charge in [-0.2, -0.15) is 0 Å². The van der Waals surface area contributed by atoms with Crippen LogP contribution in [0.1, 0.15) is 27.2 Å². The van der Waals surface area contributed by atoms with Gasteiger partial charge >= 0.3 is 0 Å². The fraction of sp³-hybridized carbons (Fsp3) is 0.158. The first-order chi connectivity index (χ1) is 11.6. The van der Waals surface area contributed by atoms with E-state index in [-0.39, 0.29) is 5.91 Å². The Morgan fingerprint density at radius 2 is 1.83 bits per heavy atom. The second kappa shape index (κ2) is 6.89. The average Bonchev–Trinajstić information content (AvgIpc) is 2.96. The standard InChI is InChI=1S/C19H17ClN2O2/c1-12-7-3-4-8-14(12)11-21-19(23)17-13(2)22-24-18(17)15-9-5-6-10-16(15)20/h3-10H,11H2,1-2H3,(H,21,23). The van der Waals surface area contributed by atoms with Crippen LogP contribution in [0, 0.1) is 13.8 Å². The van der Waals surface area contributed by atoms with E-state index < -0.39 is 0 Å². The Labute approximate surface area is 145 Å². The van der Waals surface area contributed by atoms with Gasteiger partial charge in [0, 0.05) is 12.1 Å². The van der Waals surface area contributed by atoms with Crippen LogP contribution in [0.4, 0.5) is 0 Å². The minimum absolute atomic E-state index is 0.230. The average molecular weight is 341 g/mol. The van der Waals surface area contributed by atoms with Crippen LogP contribution in [0.15, 0.2) is 53.1 Å². The molecule has 0 aliphatic carbocycles. The third-order valence-electron chi connectivity index (χ3n) is 3.91. The fourth-order valence-electron chi connectivity index (χ4n) is 2.54. The highest BCUT2D eigenvalue weighted by atomic mass is 35.5. The van der Waals surface area contributed by atoms with E-state index in [4.69, 9.17) is 16.1 Å². The van der Waals surface area contributed by atoms with E-state index in [1.165, 1.54) is 0 Å². The second-order valence-electron chi connectivity index (χ2n) is 5.56. The number of hydrogen-bond acceptors (Lipinski definition) is 3. The molecule has 0 saturated carbocycles. The number of aryl methyl sites for hydroxylation is 2. The van der Waals surface area contributed by atoms with E-state index in [9.17, 15) is 4.79 Å². The van der Waals surface area contributed by atoms with Crippen molar-refractivity contribution in [1.82, 2.24) is 10.5 Å². The lowest BCUT2D eigenvalue weighted by Gasteiger charge is -2.08. The summed E-state index contributed by atoms with van der Waals surface area (Å²) in [6, 6.07) is 15.2. The fourth-order valence-corrected chi connectivity index (χ4v) is 2.76. The van der Waals surface area contributed by atoms with Crippen molar-refractivity contribution in [2.45, 2.75) is 20.4 Å². The molecule has 1 amide bonds. The van der Waals surface area contributed by atoms with Crippen LogP contribution >= 0.6 is 11.6 Å². The summed E-state index contributed by atoms with van der Waals surface area (Å²) in [4.78, 5) is 12.7. The predicted octanol–water partition coefficient (Wildman–Crippen LogP) is 4.54. The summed E-state index contributed by atoms with van der Waals surface area (Å²) in [6.07, 6.45) is 0. The summed E-state index contributed by atoms with van der Waals surface area (Å²) < 4.78 is 5.36. The van der Waals surface area contributed by atoms with Crippen LogP contribution in [0.2, 0.25) is 5.02 Å². The Kier molecular flexibility index (Phi) is 4.67. The number of nitrogens with zero attached hydrogens (tertiary/aromatic N) is 1. The highest BCUT2D eigenvalue weighted by Crippen LogP contribution is 2.31.